The van der Waals surface area contributed by atoms with E-state index in [2.05, 4.69) is 0 Å². The summed E-state index contributed by atoms with van der Waals surface area (Å²) < 4.78 is 0. The average Bonchev–Trinajstić information content (AvgIpc) is 2.39. The van der Waals surface area contributed by atoms with Crippen LogP contribution in [0.15, 0.2) is 0 Å². The summed E-state index contributed by atoms with van der Waals surface area (Å²) in [5, 5.41) is 0. The van der Waals surface area contributed by atoms with E-state index in [4.69, 9.17) is 0 Å². The molecule has 2 saturated heterocycles. The Hall–Kier alpha value is 2.17. The second-order valence-electron chi connectivity index (χ2n) is 4.27. The molecular formula is H18Si10. The zero-order chi connectivity index (χ0) is 6.86. The summed E-state index contributed by atoms with van der Waals surface area (Å²) in [6.45, 7) is 0. The first-order chi connectivity index (χ1) is 4.91. The Balaban J connectivity index is 1.98. The van der Waals surface area contributed by atoms with Gasteiger partial charge in [-0.3, -0.25) is 0 Å². The van der Waals surface area contributed by atoms with Gasteiger partial charge in [-0.05, 0) is 83.1 Å². The molecule has 10 heteroatoms. The van der Waals surface area contributed by atoms with Gasteiger partial charge in [0.1, 0.15) is 0 Å². The Morgan fingerprint density at radius 2 is 0.900 bits per heavy atom. The second-order valence-corrected chi connectivity index (χ2v) is 115. The van der Waals surface area contributed by atoms with Crippen LogP contribution in [0.4, 0.5) is 0 Å². The summed E-state index contributed by atoms with van der Waals surface area (Å²) in [5.74, 6) is 0. The molecule has 0 aromatic heterocycles. The third-order valence-electron chi connectivity index (χ3n) is 3.58. The van der Waals surface area contributed by atoms with Crippen LogP contribution in [-0.2, 0) is 0 Å². The van der Waals surface area contributed by atoms with Crippen LogP contribution in [0.1, 0.15) is 0 Å². The normalized spacial score (nSPS) is 62.4. The molecule has 0 unspecified atom stereocenters. The molecule has 0 amide bonds. The lowest BCUT2D eigenvalue weighted by Crippen LogP contribution is -2.66. The first-order valence-electron chi connectivity index (χ1n) is 4.91. The summed E-state index contributed by atoms with van der Waals surface area (Å²) in [5.41, 5.74) is 0. The van der Waals surface area contributed by atoms with Crippen molar-refractivity contribution in [2.45, 2.75) is 0 Å². The molecule has 2 rings (SSSR count). The SMILES string of the molecule is [SiH2]1[SiH2][SiH2][Si]2([SiH2][SiH2]1)[SiH2][SiH2][SiH2][SiH2]2. The Labute approximate surface area is 82.6 Å². The van der Waals surface area contributed by atoms with E-state index in [9.17, 15) is 0 Å². The van der Waals surface area contributed by atoms with E-state index in [-0.39, 0.29) is 0 Å². The summed E-state index contributed by atoms with van der Waals surface area (Å²) >= 11 is 0. The highest BCUT2D eigenvalue weighted by Crippen LogP contribution is 2.00. The molecule has 0 aromatic carbocycles. The minimum Gasteiger partial charge on any atom is -0.00934 e. The van der Waals surface area contributed by atoms with Crippen molar-refractivity contribution in [3.05, 3.63) is 0 Å². The zero-order valence-electron chi connectivity index (χ0n) is 6.86. The standard InChI is InChI=1S/H18Si10/c1-2-6-10(7-3-1)8-4-5-9-10/h1-9H2. The third kappa shape index (κ3) is 1.91. The van der Waals surface area contributed by atoms with Gasteiger partial charge in [0.2, 0.25) is 0 Å². The van der Waals surface area contributed by atoms with Crippen LogP contribution >= 0.6 is 0 Å². The van der Waals surface area contributed by atoms with E-state index in [1.54, 1.807) is 0 Å². The van der Waals surface area contributed by atoms with Crippen LogP contribution in [-0.4, -0.2) is 83.1 Å². The Bertz CT molecular complexity index is 101. The first kappa shape index (κ1) is 8.75. The fraction of sp³-hybridized carbons (Fsp3) is 0. The van der Waals surface area contributed by atoms with Crippen molar-refractivity contribution in [2.75, 3.05) is 0 Å². The molecule has 0 N–H and O–H groups in total. The van der Waals surface area contributed by atoms with Crippen LogP contribution in [0.25, 0.3) is 0 Å². The second kappa shape index (κ2) is 3.92. The van der Waals surface area contributed by atoms with Crippen LogP contribution < -0.4 is 0 Å². The molecule has 2 aliphatic heterocycles. The van der Waals surface area contributed by atoms with E-state index < -0.39 is 0 Å². The molecule has 10 heavy (non-hydrogen) atoms. The summed E-state index contributed by atoms with van der Waals surface area (Å²) in [7, 11) is 8.88. The maximum atomic E-state index is 1.01. The maximum absolute atomic E-state index is 1.01. The summed E-state index contributed by atoms with van der Waals surface area (Å²) in [6.07, 6.45) is 0.318. The van der Waals surface area contributed by atoms with Gasteiger partial charge in [0.05, 0.1) is 0 Å². The molecule has 0 saturated carbocycles. The molecule has 0 radical (unpaired) electrons. The van der Waals surface area contributed by atoms with Crippen molar-refractivity contribution < 1.29 is 0 Å². The van der Waals surface area contributed by atoms with Crippen molar-refractivity contribution in [2.24, 2.45) is 0 Å². The van der Waals surface area contributed by atoms with Gasteiger partial charge in [-0.1, -0.05) is 0 Å². The Morgan fingerprint density at radius 3 is 1.40 bits per heavy atom. The van der Waals surface area contributed by atoms with Crippen molar-refractivity contribution in [3.8, 4) is 0 Å². The monoisotopic (exact) mass is 298 g/mol. The molecular weight excluding hydrogens is 281 g/mol. The molecule has 0 atom stereocenters. The fourth-order valence-corrected chi connectivity index (χ4v) is 711. The van der Waals surface area contributed by atoms with Crippen LogP contribution in [0.5, 0.6) is 0 Å². The first-order valence-corrected chi connectivity index (χ1v) is 44.2. The predicted molar refractivity (Wildman–Crippen MR) is 82.6 cm³/mol. The van der Waals surface area contributed by atoms with Crippen LogP contribution in [0.3, 0.4) is 0 Å². The predicted octanol–water partition coefficient (Wildman–Crippen LogP) is -8.63. The molecule has 0 aliphatic carbocycles. The average molecular weight is 299 g/mol. The smallest absolute Gasteiger partial charge is 0.00481 e. The molecule has 1 spiro atoms. The van der Waals surface area contributed by atoms with Gasteiger partial charge >= 0.3 is 0 Å². The quantitative estimate of drug-likeness (QED) is 0.390. The molecule has 2 fully saturated rings. The lowest BCUT2D eigenvalue weighted by molar-refractivity contribution is 3.47. The van der Waals surface area contributed by atoms with Crippen molar-refractivity contribution in [1.82, 2.24) is 0 Å². The van der Waals surface area contributed by atoms with Gasteiger partial charge < -0.3 is 0 Å². The molecule has 0 bridgehead atoms. The topological polar surface area (TPSA) is 0 Å². The lowest BCUT2D eigenvalue weighted by atomic mass is 25.8. The highest BCUT2D eigenvalue weighted by Gasteiger charge is 2.37. The Morgan fingerprint density at radius 1 is 0.500 bits per heavy atom. The zero-order valence-corrected chi connectivity index (χ0v) is 20.6. The summed E-state index contributed by atoms with van der Waals surface area (Å²) in [6, 6.07) is 0. The Kier molecular flexibility index (Phi) is 3.43. The minimum atomic E-state index is 0.318. The number of hydrogen-bond acceptors (Lipinski definition) is 0. The number of hydrogen-bond donors (Lipinski definition) is 0. The number of rotatable bonds is 0. The largest absolute Gasteiger partial charge is 0.00934 e. The lowest BCUT2D eigenvalue weighted by Gasteiger charge is -2.29. The van der Waals surface area contributed by atoms with Crippen molar-refractivity contribution in [1.29, 1.82) is 0 Å². The third-order valence-corrected chi connectivity index (χ3v) is 290. The van der Waals surface area contributed by atoms with E-state index in [1.165, 1.54) is 0 Å². The van der Waals surface area contributed by atoms with E-state index >= 15 is 0 Å². The van der Waals surface area contributed by atoms with Crippen LogP contribution in [0, 0.1) is 0 Å². The molecule has 0 nitrogen and oxygen atoms in total. The van der Waals surface area contributed by atoms with E-state index in [0.29, 0.717) is 6.14 Å². The molecule has 0 aromatic rings. The highest BCUT2D eigenvalue weighted by molar-refractivity contribution is 8.13. The van der Waals surface area contributed by atoms with E-state index in [1.807, 2.05) is 0 Å². The minimum absolute atomic E-state index is 0.318. The van der Waals surface area contributed by atoms with Gasteiger partial charge in [0.25, 0.3) is 0 Å². The van der Waals surface area contributed by atoms with Crippen molar-refractivity contribution in [3.63, 3.8) is 0 Å². The summed E-state index contributed by atoms with van der Waals surface area (Å²) in [4.78, 5) is 0. The van der Waals surface area contributed by atoms with E-state index in [0.717, 1.165) is 77.0 Å². The molecule has 58 valence electrons. The van der Waals surface area contributed by atoms with Gasteiger partial charge in [-0.25, -0.2) is 0 Å². The van der Waals surface area contributed by atoms with Gasteiger partial charge in [0, 0.05) is 0 Å². The molecule has 2 heterocycles. The fourth-order valence-electron chi connectivity index (χ4n) is 2.93. The van der Waals surface area contributed by atoms with Gasteiger partial charge in [-0.15, -0.1) is 0 Å². The van der Waals surface area contributed by atoms with Crippen LogP contribution in [0.2, 0.25) is 0 Å². The van der Waals surface area contributed by atoms with Gasteiger partial charge in [0.15, 0.2) is 0 Å². The highest BCUT2D eigenvalue weighted by atomic mass is 30.5. The van der Waals surface area contributed by atoms with Crippen molar-refractivity contribution >= 4 is 83.1 Å². The maximum Gasteiger partial charge on any atom is -0.00481 e. The molecule has 2 aliphatic rings. The van der Waals surface area contributed by atoms with Gasteiger partial charge in [-0.2, -0.15) is 0 Å².